The number of amides is 2. The Balaban J connectivity index is 1.43. The van der Waals surface area contributed by atoms with Gasteiger partial charge in [0.25, 0.3) is 0 Å². The number of hydrogen-bond donors (Lipinski definition) is 1. The van der Waals surface area contributed by atoms with Gasteiger partial charge in [-0.25, -0.2) is 4.79 Å². The van der Waals surface area contributed by atoms with E-state index in [0.717, 1.165) is 27.5 Å². The molecule has 0 saturated carbocycles. The summed E-state index contributed by atoms with van der Waals surface area (Å²) >= 11 is 0. The molecule has 144 valence electrons. The molecular formula is C21H22N4O3. The van der Waals surface area contributed by atoms with Crippen molar-refractivity contribution in [3.63, 3.8) is 0 Å². The van der Waals surface area contributed by atoms with Crippen LogP contribution >= 0.6 is 0 Å². The minimum Gasteiger partial charge on any atom is -0.450 e. The highest BCUT2D eigenvalue weighted by Crippen LogP contribution is 2.25. The van der Waals surface area contributed by atoms with E-state index in [1.165, 1.54) is 0 Å². The SMILES string of the molecule is CCOC(=O)N1CCN(C(=O)/C=C/c2cc3c(cn2)[nH]c2ccccc23)CC1. The average Bonchev–Trinajstić information content (AvgIpc) is 3.10. The summed E-state index contributed by atoms with van der Waals surface area (Å²) < 4.78 is 5.00. The monoisotopic (exact) mass is 378 g/mol. The van der Waals surface area contributed by atoms with Gasteiger partial charge in [0.1, 0.15) is 0 Å². The molecule has 1 aliphatic heterocycles. The number of para-hydroxylation sites is 1. The first kappa shape index (κ1) is 18.0. The van der Waals surface area contributed by atoms with Crippen molar-refractivity contribution < 1.29 is 14.3 Å². The highest BCUT2D eigenvalue weighted by molar-refractivity contribution is 6.07. The molecule has 2 aromatic heterocycles. The molecule has 2 amide bonds. The van der Waals surface area contributed by atoms with Crippen molar-refractivity contribution in [1.29, 1.82) is 0 Å². The molecule has 7 nitrogen and oxygen atoms in total. The van der Waals surface area contributed by atoms with Gasteiger partial charge < -0.3 is 19.5 Å². The van der Waals surface area contributed by atoms with E-state index in [-0.39, 0.29) is 12.0 Å². The maximum atomic E-state index is 12.5. The standard InChI is InChI=1S/C21H22N4O3/c1-2-28-21(27)25-11-9-24(10-12-25)20(26)8-7-15-13-17-16-5-3-4-6-18(16)23-19(17)14-22-15/h3-8,13-14,23H,2,9-12H2,1H3/b8-7+. The average molecular weight is 378 g/mol. The number of aromatic amines is 1. The Bertz CT molecular complexity index is 1050. The fourth-order valence-corrected chi connectivity index (χ4v) is 3.44. The van der Waals surface area contributed by atoms with Gasteiger partial charge in [0.05, 0.1) is 24.0 Å². The lowest BCUT2D eigenvalue weighted by Gasteiger charge is -2.33. The second-order valence-electron chi connectivity index (χ2n) is 6.67. The Morgan fingerprint density at radius 1 is 1.11 bits per heavy atom. The lowest BCUT2D eigenvalue weighted by Crippen LogP contribution is -2.50. The van der Waals surface area contributed by atoms with Crippen LogP contribution < -0.4 is 0 Å². The molecule has 28 heavy (non-hydrogen) atoms. The number of carbonyl (C=O) groups is 2. The first-order chi connectivity index (χ1) is 13.7. The molecule has 1 aromatic carbocycles. The molecule has 1 aliphatic rings. The Morgan fingerprint density at radius 2 is 1.86 bits per heavy atom. The van der Waals surface area contributed by atoms with Crippen LogP contribution in [0.4, 0.5) is 4.79 Å². The van der Waals surface area contributed by atoms with Crippen LogP contribution in [0, 0.1) is 0 Å². The van der Waals surface area contributed by atoms with E-state index in [1.807, 2.05) is 24.3 Å². The highest BCUT2D eigenvalue weighted by atomic mass is 16.6. The number of pyridine rings is 1. The molecule has 0 aliphatic carbocycles. The lowest BCUT2D eigenvalue weighted by molar-refractivity contribution is -0.127. The van der Waals surface area contributed by atoms with Gasteiger partial charge >= 0.3 is 6.09 Å². The largest absolute Gasteiger partial charge is 0.450 e. The van der Waals surface area contributed by atoms with Crippen molar-refractivity contribution in [3.05, 3.63) is 48.3 Å². The van der Waals surface area contributed by atoms with Crippen LogP contribution in [0.2, 0.25) is 0 Å². The van der Waals surface area contributed by atoms with E-state index in [1.54, 1.807) is 35.1 Å². The number of piperazine rings is 1. The van der Waals surface area contributed by atoms with Gasteiger partial charge in [0.2, 0.25) is 5.91 Å². The molecule has 0 bridgehead atoms. The number of fused-ring (bicyclic) bond motifs is 3. The quantitative estimate of drug-likeness (QED) is 0.711. The van der Waals surface area contributed by atoms with E-state index in [9.17, 15) is 9.59 Å². The number of rotatable bonds is 3. The van der Waals surface area contributed by atoms with Gasteiger partial charge in [-0.3, -0.25) is 9.78 Å². The van der Waals surface area contributed by atoms with Crippen molar-refractivity contribution in [3.8, 4) is 0 Å². The number of nitrogens with one attached hydrogen (secondary N) is 1. The maximum absolute atomic E-state index is 12.5. The van der Waals surface area contributed by atoms with Gasteiger partial charge in [0.15, 0.2) is 0 Å². The molecule has 0 spiro atoms. The number of nitrogens with zero attached hydrogens (tertiary/aromatic N) is 3. The van der Waals surface area contributed by atoms with Crippen LogP contribution in [0.5, 0.6) is 0 Å². The second-order valence-corrected chi connectivity index (χ2v) is 6.67. The number of benzene rings is 1. The van der Waals surface area contributed by atoms with Crippen LogP contribution in [0.25, 0.3) is 27.9 Å². The summed E-state index contributed by atoms with van der Waals surface area (Å²) in [6.07, 6.45) is 4.75. The van der Waals surface area contributed by atoms with Gasteiger partial charge in [-0.2, -0.15) is 0 Å². The number of carbonyl (C=O) groups excluding carboxylic acids is 2. The summed E-state index contributed by atoms with van der Waals surface area (Å²) in [6, 6.07) is 10.1. The van der Waals surface area contributed by atoms with Crippen molar-refractivity contribution >= 4 is 39.9 Å². The minimum absolute atomic E-state index is 0.0793. The van der Waals surface area contributed by atoms with Crippen LogP contribution in [-0.4, -0.2) is 64.6 Å². The van der Waals surface area contributed by atoms with Crippen LogP contribution in [-0.2, 0) is 9.53 Å². The number of H-pyrrole nitrogens is 1. The van der Waals surface area contributed by atoms with Crippen LogP contribution in [0.15, 0.2) is 42.6 Å². The van der Waals surface area contributed by atoms with Crippen LogP contribution in [0.1, 0.15) is 12.6 Å². The Kier molecular flexibility index (Phi) is 4.97. The summed E-state index contributed by atoms with van der Waals surface area (Å²) in [4.78, 5) is 35.3. The summed E-state index contributed by atoms with van der Waals surface area (Å²) in [7, 11) is 0. The molecule has 1 saturated heterocycles. The van der Waals surface area contributed by atoms with E-state index in [2.05, 4.69) is 16.0 Å². The first-order valence-electron chi connectivity index (χ1n) is 9.41. The molecule has 0 radical (unpaired) electrons. The third kappa shape index (κ3) is 3.55. The van der Waals surface area contributed by atoms with Crippen molar-refractivity contribution in [2.75, 3.05) is 32.8 Å². The first-order valence-corrected chi connectivity index (χ1v) is 9.41. The Hall–Kier alpha value is -3.35. The van der Waals surface area contributed by atoms with E-state index < -0.39 is 0 Å². The van der Waals surface area contributed by atoms with Gasteiger partial charge in [-0.15, -0.1) is 0 Å². The summed E-state index contributed by atoms with van der Waals surface area (Å²) in [6.45, 7) is 4.10. The highest BCUT2D eigenvalue weighted by Gasteiger charge is 2.23. The van der Waals surface area contributed by atoms with Gasteiger partial charge in [-0.05, 0) is 25.1 Å². The third-order valence-corrected chi connectivity index (χ3v) is 4.93. The predicted octanol–water partition coefficient (Wildman–Crippen LogP) is 3.03. The molecule has 1 fully saturated rings. The molecule has 0 unspecified atom stereocenters. The molecule has 4 rings (SSSR count). The molecule has 7 heteroatoms. The van der Waals surface area contributed by atoms with Crippen LogP contribution in [0.3, 0.4) is 0 Å². The zero-order valence-corrected chi connectivity index (χ0v) is 15.7. The fourth-order valence-electron chi connectivity index (χ4n) is 3.44. The third-order valence-electron chi connectivity index (χ3n) is 4.93. The van der Waals surface area contributed by atoms with Crippen molar-refractivity contribution in [2.24, 2.45) is 0 Å². The molecule has 3 heterocycles. The maximum Gasteiger partial charge on any atom is 0.409 e. The smallest absolute Gasteiger partial charge is 0.409 e. The molecular weight excluding hydrogens is 356 g/mol. The zero-order chi connectivity index (χ0) is 19.5. The zero-order valence-electron chi connectivity index (χ0n) is 15.7. The van der Waals surface area contributed by atoms with Crippen molar-refractivity contribution in [1.82, 2.24) is 19.8 Å². The van der Waals surface area contributed by atoms with E-state index >= 15 is 0 Å². The lowest BCUT2D eigenvalue weighted by atomic mass is 10.1. The fraction of sp³-hybridized carbons (Fsp3) is 0.286. The summed E-state index contributed by atoms with van der Waals surface area (Å²) in [5.41, 5.74) is 2.77. The number of ether oxygens (including phenoxy) is 1. The predicted molar refractivity (Wildman–Crippen MR) is 108 cm³/mol. The Labute approximate surface area is 162 Å². The number of aromatic nitrogens is 2. The molecule has 3 aromatic rings. The van der Waals surface area contributed by atoms with E-state index in [4.69, 9.17) is 4.74 Å². The summed E-state index contributed by atoms with van der Waals surface area (Å²) in [5, 5.41) is 2.22. The van der Waals surface area contributed by atoms with Gasteiger partial charge in [-0.1, -0.05) is 18.2 Å². The minimum atomic E-state index is -0.318. The molecule has 1 N–H and O–H groups in total. The topological polar surface area (TPSA) is 78.5 Å². The second kappa shape index (κ2) is 7.72. The normalized spacial score (nSPS) is 14.9. The Morgan fingerprint density at radius 3 is 2.64 bits per heavy atom. The molecule has 0 atom stereocenters. The van der Waals surface area contributed by atoms with E-state index in [0.29, 0.717) is 32.8 Å². The number of hydrogen-bond acceptors (Lipinski definition) is 4. The van der Waals surface area contributed by atoms with Crippen molar-refractivity contribution in [2.45, 2.75) is 6.92 Å². The van der Waals surface area contributed by atoms with Gasteiger partial charge in [0, 0.05) is 48.5 Å². The summed E-state index contributed by atoms with van der Waals surface area (Å²) in [5.74, 6) is -0.0793.